The molecule has 0 aliphatic rings. The summed E-state index contributed by atoms with van der Waals surface area (Å²) < 4.78 is 70.4. The summed E-state index contributed by atoms with van der Waals surface area (Å²) in [6.07, 6.45) is 0.962. The monoisotopic (exact) mass is 478 g/mol. The van der Waals surface area contributed by atoms with E-state index in [2.05, 4.69) is 5.32 Å². The number of anilines is 1. The van der Waals surface area contributed by atoms with E-state index in [1.54, 1.807) is 12.1 Å². The van der Waals surface area contributed by atoms with Crippen molar-refractivity contribution >= 4 is 21.6 Å². The van der Waals surface area contributed by atoms with Gasteiger partial charge in [-0.05, 0) is 54.1 Å². The van der Waals surface area contributed by atoms with Crippen LogP contribution >= 0.6 is 0 Å². The van der Waals surface area contributed by atoms with E-state index in [4.69, 9.17) is 4.74 Å². The molecular formula is C23H21F3N2O4S. The summed E-state index contributed by atoms with van der Waals surface area (Å²) in [5, 5.41) is 2.68. The molecule has 1 amide bonds. The first kappa shape index (κ1) is 24.1. The molecule has 174 valence electrons. The number of nitrogens with zero attached hydrogens (tertiary/aromatic N) is 1. The van der Waals surface area contributed by atoms with Crippen molar-refractivity contribution in [1.29, 1.82) is 0 Å². The Bertz CT molecular complexity index is 1220. The number of sulfonamides is 1. The van der Waals surface area contributed by atoms with E-state index in [0.717, 1.165) is 22.7 Å². The van der Waals surface area contributed by atoms with Crippen molar-refractivity contribution in [2.24, 2.45) is 0 Å². The average Bonchev–Trinajstić information content (AvgIpc) is 2.78. The van der Waals surface area contributed by atoms with Crippen LogP contribution < -0.4 is 14.4 Å². The van der Waals surface area contributed by atoms with Gasteiger partial charge in [0, 0.05) is 11.6 Å². The lowest BCUT2D eigenvalue weighted by atomic mass is 10.1. The minimum atomic E-state index is -3.78. The van der Waals surface area contributed by atoms with Gasteiger partial charge in [-0.1, -0.05) is 12.1 Å². The Balaban J connectivity index is 1.59. The van der Waals surface area contributed by atoms with Crippen LogP contribution in [0.15, 0.2) is 66.7 Å². The van der Waals surface area contributed by atoms with Crippen LogP contribution in [0, 0.1) is 17.5 Å². The molecule has 3 aromatic carbocycles. The predicted molar refractivity (Wildman–Crippen MR) is 118 cm³/mol. The van der Waals surface area contributed by atoms with Crippen LogP contribution in [-0.2, 0) is 16.6 Å². The van der Waals surface area contributed by atoms with Gasteiger partial charge in [-0.3, -0.25) is 9.10 Å². The van der Waals surface area contributed by atoms with Crippen molar-refractivity contribution in [2.45, 2.75) is 6.54 Å². The fourth-order valence-corrected chi connectivity index (χ4v) is 3.81. The molecule has 0 bridgehead atoms. The standard InChI is InChI=1S/C23H21F3N2O4S/c1-33(30,31)28(19-8-11-21(25)22(26)14-19)15-16-2-4-17(5-3-16)23(29)27-12-13-32-20-9-6-18(24)7-10-20/h2-11,14H,12-13,15H2,1H3,(H,27,29). The number of rotatable bonds is 9. The summed E-state index contributed by atoms with van der Waals surface area (Å²) in [4.78, 5) is 12.3. The summed E-state index contributed by atoms with van der Waals surface area (Å²) in [6, 6.07) is 14.5. The van der Waals surface area contributed by atoms with Crippen LogP contribution in [0.4, 0.5) is 18.9 Å². The molecular weight excluding hydrogens is 457 g/mol. The summed E-state index contributed by atoms with van der Waals surface area (Å²) in [5.41, 5.74) is 0.875. The van der Waals surface area contributed by atoms with Crippen molar-refractivity contribution in [3.63, 3.8) is 0 Å². The first-order valence-corrected chi connectivity index (χ1v) is 11.7. The van der Waals surface area contributed by atoms with E-state index < -0.39 is 21.7 Å². The van der Waals surface area contributed by atoms with E-state index in [-0.39, 0.29) is 37.1 Å². The second kappa shape index (κ2) is 10.4. The minimum absolute atomic E-state index is 0.0145. The molecule has 0 spiro atoms. The maximum atomic E-state index is 13.6. The molecule has 0 aromatic heterocycles. The van der Waals surface area contributed by atoms with Crippen LogP contribution in [0.1, 0.15) is 15.9 Å². The third-order valence-electron chi connectivity index (χ3n) is 4.60. The fraction of sp³-hybridized carbons (Fsp3) is 0.174. The molecule has 0 saturated heterocycles. The lowest BCUT2D eigenvalue weighted by Crippen LogP contribution is -2.30. The Morgan fingerprint density at radius 2 is 1.61 bits per heavy atom. The molecule has 33 heavy (non-hydrogen) atoms. The molecule has 3 rings (SSSR count). The lowest BCUT2D eigenvalue weighted by Gasteiger charge is -2.22. The topological polar surface area (TPSA) is 75.7 Å². The Labute approximate surface area is 189 Å². The van der Waals surface area contributed by atoms with Crippen LogP contribution in [0.3, 0.4) is 0 Å². The molecule has 6 nitrogen and oxygen atoms in total. The van der Waals surface area contributed by atoms with E-state index in [0.29, 0.717) is 16.9 Å². The number of hydrogen-bond donors (Lipinski definition) is 1. The largest absolute Gasteiger partial charge is 0.492 e. The van der Waals surface area contributed by atoms with Gasteiger partial charge in [-0.2, -0.15) is 0 Å². The highest BCUT2D eigenvalue weighted by Crippen LogP contribution is 2.23. The molecule has 0 atom stereocenters. The fourth-order valence-electron chi connectivity index (χ4n) is 2.93. The molecule has 0 radical (unpaired) electrons. The molecule has 0 fully saturated rings. The zero-order valence-electron chi connectivity index (χ0n) is 17.6. The van der Waals surface area contributed by atoms with Gasteiger partial charge in [0.15, 0.2) is 11.6 Å². The molecule has 1 N–H and O–H groups in total. The van der Waals surface area contributed by atoms with Gasteiger partial charge < -0.3 is 10.1 Å². The van der Waals surface area contributed by atoms with Gasteiger partial charge in [-0.25, -0.2) is 21.6 Å². The van der Waals surface area contributed by atoms with Gasteiger partial charge in [0.1, 0.15) is 18.2 Å². The Morgan fingerprint density at radius 1 is 0.939 bits per heavy atom. The third-order valence-corrected chi connectivity index (χ3v) is 5.74. The van der Waals surface area contributed by atoms with Crippen molar-refractivity contribution in [2.75, 3.05) is 23.7 Å². The number of carbonyl (C=O) groups is 1. The summed E-state index contributed by atoms with van der Waals surface area (Å²) in [6.45, 7) is 0.278. The first-order valence-electron chi connectivity index (χ1n) is 9.82. The summed E-state index contributed by atoms with van der Waals surface area (Å²) >= 11 is 0. The van der Waals surface area contributed by atoms with Crippen molar-refractivity contribution in [1.82, 2.24) is 5.32 Å². The normalized spacial score (nSPS) is 11.2. The second-order valence-corrected chi connectivity index (χ2v) is 9.03. The van der Waals surface area contributed by atoms with Gasteiger partial charge in [0.25, 0.3) is 5.91 Å². The van der Waals surface area contributed by atoms with Crippen LogP contribution in [-0.4, -0.2) is 33.7 Å². The molecule has 0 aliphatic heterocycles. The highest BCUT2D eigenvalue weighted by molar-refractivity contribution is 7.92. The number of halogens is 3. The van der Waals surface area contributed by atoms with E-state index in [9.17, 15) is 26.4 Å². The van der Waals surface area contributed by atoms with Crippen molar-refractivity contribution < 1.29 is 31.1 Å². The van der Waals surface area contributed by atoms with E-state index in [1.165, 1.54) is 42.5 Å². The van der Waals surface area contributed by atoms with Crippen LogP contribution in [0.25, 0.3) is 0 Å². The minimum Gasteiger partial charge on any atom is -0.492 e. The highest BCUT2D eigenvalue weighted by atomic mass is 32.2. The Morgan fingerprint density at radius 3 is 2.21 bits per heavy atom. The quantitative estimate of drug-likeness (QED) is 0.474. The maximum Gasteiger partial charge on any atom is 0.251 e. The van der Waals surface area contributed by atoms with E-state index in [1.807, 2.05) is 0 Å². The van der Waals surface area contributed by atoms with Crippen molar-refractivity contribution in [3.8, 4) is 5.75 Å². The number of hydrogen-bond acceptors (Lipinski definition) is 4. The molecule has 3 aromatic rings. The molecule has 10 heteroatoms. The second-order valence-electron chi connectivity index (χ2n) is 7.12. The number of carbonyl (C=O) groups excluding carboxylic acids is 1. The van der Waals surface area contributed by atoms with Crippen LogP contribution in [0.5, 0.6) is 5.75 Å². The number of benzene rings is 3. The lowest BCUT2D eigenvalue weighted by molar-refractivity contribution is 0.0947. The van der Waals surface area contributed by atoms with Gasteiger partial charge >= 0.3 is 0 Å². The van der Waals surface area contributed by atoms with Crippen molar-refractivity contribution in [3.05, 3.63) is 95.3 Å². The Hall–Kier alpha value is -3.53. The molecule has 0 aliphatic carbocycles. The summed E-state index contributed by atoms with van der Waals surface area (Å²) in [7, 11) is -3.78. The zero-order valence-corrected chi connectivity index (χ0v) is 18.4. The van der Waals surface area contributed by atoms with Gasteiger partial charge in [0.2, 0.25) is 10.0 Å². The average molecular weight is 478 g/mol. The summed E-state index contributed by atoms with van der Waals surface area (Å²) in [5.74, 6) is -2.48. The Kier molecular flexibility index (Phi) is 7.59. The molecule has 0 saturated carbocycles. The highest BCUT2D eigenvalue weighted by Gasteiger charge is 2.19. The SMILES string of the molecule is CS(=O)(=O)N(Cc1ccc(C(=O)NCCOc2ccc(F)cc2)cc1)c1ccc(F)c(F)c1. The van der Waals surface area contributed by atoms with Crippen LogP contribution in [0.2, 0.25) is 0 Å². The van der Waals surface area contributed by atoms with Gasteiger partial charge in [-0.15, -0.1) is 0 Å². The predicted octanol–water partition coefficient (Wildman–Crippen LogP) is 3.88. The molecule has 0 heterocycles. The smallest absolute Gasteiger partial charge is 0.251 e. The third kappa shape index (κ3) is 6.72. The number of nitrogens with one attached hydrogen (secondary N) is 1. The maximum absolute atomic E-state index is 13.6. The first-order chi connectivity index (χ1) is 15.6. The van der Waals surface area contributed by atoms with Gasteiger partial charge in [0.05, 0.1) is 25.0 Å². The zero-order chi connectivity index (χ0) is 24.0. The number of amides is 1. The number of ether oxygens (including phenoxy) is 1. The van der Waals surface area contributed by atoms with E-state index >= 15 is 0 Å². The molecule has 0 unspecified atom stereocenters.